The summed E-state index contributed by atoms with van der Waals surface area (Å²) in [5.41, 5.74) is 0.816. The van der Waals surface area contributed by atoms with Crippen LogP contribution in [0.2, 0.25) is 0 Å². The van der Waals surface area contributed by atoms with Gasteiger partial charge >= 0.3 is 0 Å². The highest BCUT2D eigenvalue weighted by molar-refractivity contribution is 5.33. The zero-order valence-electron chi connectivity index (χ0n) is 7.00. The van der Waals surface area contributed by atoms with E-state index in [-0.39, 0.29) is 12.0 Å². The maximum atomic E-state index is 12.8. The summed E-state index contributed by atoms with van der Waals surface area (Å²) in [6.45, 7) is 3.42. The van der Waals surface area contributed by atoms with E-state index in [1.54, 1.807) is 6.07 Å². The van der Waals surface area contributed by atoms with Crippen molar-refractivity contribution in [3.8, 4) is 0 Å². The lowest BCUT2D eigenvalue weighted by atomic mass is 10.1. The normalized spacial score (nSPS) is 25.7. The average Bonchev–Trinajstić information content (AvgIpc) is 2.88. The van der Waals surface area contributed by atoms with E-state index in [0.717, 1.165) is 18.1 Å². The fourth-order valence-corrected chi connectivity index (χ4v) is 1.48. The third-order valence-corrected chi connectivity index (χ3v) is 2.36. The minimum atomic E-state index is -0.799. The van der Waals surface area contributed by atoms with Crippen molar-refractivity contribution in [2.75, 3.05) is 0 Å². The predicted molar refractivity (Wildman–Crippen MR) is 47.1 cm³/mol. The first-order valence-electron chi connectivity index (χ1n) is 4.13. The summed E-state index contributed by atoms with van der Waals surface area (Å²) in [7, 11) is 0. The van der Waals surface area contributed by atoms with Gasteiger partial charge in [0, 0.05) is 5.92 Å². The molecular formula is C10H9F2N. The second-order valence-electron chi connectivity index (χ2n) is 3.27. The van der Waals surface area contributed by atoms with Crippen LogP contribution in [0.1, 0.15) is 17.9 Å². The van der Waals surface area contributed by atoms with Crippen LogP contribution in [0, 0.1) is 11.6 Å². The average molecular weight is 181 g/mol. The molecular weight excluding hydrogens is 172 g/mol. The Morgan fingerprint density at radius 2 is 2.08 bits per heavy atom. The van der Waals surface area contributed by atoms with Gasteiger partial charge in [-0.15, -0.1) is 0 Å². The van der Waals surface area contributed by atoms with E-state index in [2.05, 4.69) is 11.7 Å². The van der Waals surface area contributed by atoms with Crippen molar-refractivity contribution in [1.82, 2.24) is 0 Å². The number of hydrogen-bond donors (Lipinski definition) is 0. The van der Waals surface area contributed by atoms with Crippen molar-refractivity contribution in [3.63, 3.8) is 0 Å². The van der Waals surface area contributed by atoms with Crippen LogP contribution >= 0.6 is 0 Å². The monoisotopic (exact) mass is 181 g/mol. The van der Waals surface area contributed by atoms with Crippen molar-refractivity contribution < 1.29 is 8.78 Å². The molecule has 0 aromatic heterocycles. The lowest BCUT2D eigenvalue weighted by molar-refractivity contribution is 0.507. The maximum Gasteiger partial charge on any atom is 0.159 e. The Morgan fingerprint density at radius 1 is 1.31 bits per heavy atom. The van der Waals surface area contributed by atoms with Gasteiger partial charge in [0.25, 0.3) is 0 Å². The van der Waals surface area contributed by atoms with Gasteiger partial charge < -0.3 is 0 Å². The van der Waals surface area contributed by atoms with Gasteiger partial charge in [-0.1, -0.05) is 6.07 Å². The molecule has 1 aromatic rings. The molecule has 2 rings (SSSR count). The maximum absolute atomic E-state index is 12.8. The summed E-state index contributed by atoms with van der Waals surface area (Å²) in [5.74, 6) is -1.34. The van der Waals surface area contributed by atoms with Crippen LogP contribution in [0.25, 0.3) is 0 Å². The highest BCUT2D eigenvalue weighted by atomic mass is 19.2. The van der Waals surface area contributed by atoms with E-state index < -0.39 is 11.6 Å². The number of halogens is 2. The largest absolute Gasteiger partial charge is 0.297 e. The molecule has 2 atom stereocenters. The third-order valence-electron chi connectivity index (χ3n) is 2.36. The molecule has 0 N–H and O–H groups in total. The fraction of sp³-hybridized carbons (Fsp3) is 0.300. The van der Waals surface area contributed by atoms with Gasteiger partial charge in [-0.3, -0.25) is 4.99 Å². The molecule has 1 aliphatic rings. The first-order valence-corrected chi connectivity index (χ1v) is 4.13. The molecule has 1 fully saturated rings. The van der Waals surface area contributed by atoms with E-state index in [4.69, 9.17) is 0 Å². The SMILES string of the molecule is C=N[C@@H]1C[C@H]1c1ccc(F)c(F)c1. The Morgan fingerprint density at radius 3 is 2.62 bits per heavy atom. The van der Waals surface area contributed by atoms with Crippen LogP contribution in [0.3, 0.4) is 0 Å². The quantitative estimate of drug-likeness (QED) is 0.621. The van der Waals surface area contributed by atoms with Crippen molar-refractivity contribution in [3.05, 3.63) is 35.4 Å². The van der Waals surface area contributed by atoms with Crippen LogP contribution in [-0.4, -0.2) is 12.8 Å². The zero-order valence-corrected chi connectivity index (χ0v) is 7.00. The molecule has 0 radical (unpaired) electrons. The summed E-state index contributed by atoms with van der Waals surface area (Å²) in [5, 5.41) is 0. The highest BCUT2D eigenvalue weighted by Gasteiger charge is 2.37. The van der Waals surface area contributed by atoms with Crippen molar-refractivity contribution in [1.29, 1.82) is 0 Å². The molecule has 0 saturated heterocycles. The van der Waals surface area contributed by atoms with Gasteiger partial charge in [0.05, 0.1) is 6.04 Å². The van der Waals surface area contributed by atoms with Crippen LogP contribution in [0.4, 0.5) is 8.78 Å². The smallest absolute Gasteiger partial charge is 0.159 e. The number of nitrogens with zero attached hydrogens (tertiary/aromatic N) is 1. The minimum Gasteiger partial charge on any atom is -0.297 e. The lowest BCUT2D eigenvalue weighted by Crippen LogP contribution is -1.89. The lowest BCUT2D eigenvalue weighted by Gasteiger charge is -1.98. The Balaban J connectivity index is 2.23. The zero-order chi connectivity index (χ0) is 9.42. The van der Waals surface area contributed by atoms with Crippen LogP contribution in [0.5, 0.6) is 0 Å². The third kappa shape index (κ3) is 1.46. The van der Waals surface area contributed by atoms with E-state index in [0.29, 0.717) is 0 Å². The van der Waals surface area contributed by atoms with Gasteiger partial charge in [-0.25, -0.2) is 8.78 Å². The first-order chi connectivity index (χ1) is 6.22. The van der Waals surface area contributed by atoms with E-state index in [1.165, 1.54) is 6.07 Å². The number of rotatable bonds is 2. The van der Waals surface area contributed by atoms with Crippen molar-refractivity contribution >= 4 is 6.72 Å². The molecule has 0 bridgehead atoms. The number of aliphatic imine (C=N–C) groups is 1. The van der Waals surface area contributed by atoms with Gasteiger partial charge in [-0.05, 0) is 30.8 Å². The first kappa shape index (κ1) is 8.35. The molecule has 1 nitrogen and oxygen atoms in total. The van der Waals surface area contributed by atoms with Crippen LogP contribution < -0.4 is 0 Å². The molecule has 1 aliphatic carbocycles. The summed E-state index contributed by atoms with van der Waals surface area (Å²) in [6.07, 6.45) is 0.897. The predicted octanol–water partition coefficient (Wildman–Crippen LogP) is 2.52. The van der Waals surface area contributed by atoms with Crippen molar-refractivity contribution in [2.24, 2.45) is 4.99 Å². The van der Waals surface area contributed by atoms with Crippen LogP contribution in [0.15, 0.2) is 23.2 Å². The second kappa shape index (κ2) is 2.91. The Labute approximate surface area is 75.1 Å². The topological polar surface area (TPSA) is 12.4 Å². The van der Waals surface area contributed by atoms with E-state index in [9.17, 15) is 8.78 Å². The Kier molecular flexibility index (Phi) is 1.87. The molecule has 3 heteroatoms. The molecule has 1 saturated carbocycles. The molecule has 13 heavy (non-hydrogen) atoms. The van der Waals surface area contributed by atoms with Gasteiger partial charge in [0.2, 0.25) is 0 Å². The summed E-state index contributed by atoms with van der Waals surface area (Å²) >= 11 is 0. The number of hydrogen-bond acceptors (Lipinski definition) is 1. The van der Waals surface area contributed by atoms with Gasteiger partial charge in [-0.2, -0.15) is 0 Å². The highest BCUT2D eigenvalue weighted by Crippen LogP contribution is 2.43. The standard InChI is InChI=1S/C10H9F2N/c1-13-10-5-7(10)6-2-3-8(11)9(12)4-6/h2-4,7,10H,1,5H2/t7-,10+/m0/s1. The van der Waals surface area contributed by atoms with Gasteiger partial charge in [0.1, 0.15) is 0 Å². The second-order valence-corrected chi connectivity index (χ2v) is 3.27. The summed E-state index contributed by atoms with van der Waals surface area (Å²) in [6, 6.07) is 4.20. The number of benzene rings is 1. The molecule has 0 spiro atoms. The molecule has 0 unspecified atom stereocenters. The molecule has 68 valence electrons. The minimum absolute atomic E-state index is 0.199. The van der Waals surface area contributed by atoms with Crippen LogP contribution in [-0.2, 0) is 0 Å². The summed E-state index contributed by atoms with van der Waals surface area (Å²) in [4.78, 5) is 3.84. The van der Waals surface area contributed by atoms with Crippen molar-refractivity contribution in [2.45, 2.75) is 18.4 Å². The van der Waals surface area contributed by atoms with E-state index >= 15 is 0 Å². The Bertz CT molecular complexity index is 349. The molecule has 0 aliphatic heterocycles. The molecule has 0 heterocycles. The van der Waals surface area contributed by atoms with Gasteiger partial charge in [0.15, 0.2) is 11.6 Å². The molecule has 0 amide bonds. The summed E-state index contributed by atoms with van der Waals surface area (Å²) < 4.78 is 25.3. The molecule has 1 aromatic carbocycles. The fourth-order valence-electron chi connectivity index (χ4n) is 1.48. The Hall–Kier alpha value is -1.25. The van der Waals surface area contributed by atoms with E-state index in [1.807, 2.05) is 0 Å².